The van der Waals surface area contributed by atoms with Gasteiger partial charge >= 0.3 is 0 Å². The van der Waals surface area contributed by atoms with Crippen molar-refractivity contribution >= 4 is 5.91 Å². The molecule has 2 rings (SSSR count). The number of benzene rings is 1. The largest absolute Gasteiger partial charge is 0.493 e. The zero-order chi connectivity index (χ0) is 16.7. The maximum absolute atomic E-state index is 10.9. The molecule has 0 bridgehead atoms. The topological polar surface area (TPSA) is 56.4 Å². The molecule has 0 aromatic heterocycles. The molecule has 0 unspecified atom stereocenters. The Bertz CT molecular complexity index is 514. The molecule has 6 nitrogen and oxygen atoms in total. The van der Waals surface area contributed by atoms with Crippen LogP contribution >= 0.6 is 0 Å². The first-order valence-corrected chi connectivity index (χ1v) is 8.25. The monoisotopic (exact) mass is 323 g/mol. The molecule has 0 aliphatic carbocycles. The van der Waals surface area contributed by atoms with Crippen LogP contribution < -0.4 is 24.6 Å². The Morgan fingerprint density at radius 1 is 1.09 bits per heavy atom. The fourth-order valence-corrected chi connectivity index (χ4v) is 3.08. The minimum absolute atomic E-state index is 0.0575. The van der Waals surface area contributed by atoms with Crippen LogP contribution in [0.1, 0.15) is 12.5 Å². The number of hydrogen-bond acceptors (Lipinski definition) is 3. The molecule has 128 valence electrons. The van der Waals surface area contributed by atoms with E-state index in [-0.39, 0.29) is 5.91 Å². The van der Waals surface area contributed by atoms with Gasteiger partial charge in [0.25, 0.3) is 0 Å². The van der Waals surface area contributed by atoms with Crippen molar-refractivity contribution in [2.24, 2.45) is 0 Å². The van der Waals surface area contributed by atoms with Gasteiger partial charge in [-0.1, -0.05) is 0 Å². The van der Waals surface area contributed by atoms with Crippen LogP contribution in [0.25, 0.3) is 0 Å². The molecule has 0 radical (unpaired) electrons. The fraction of sp³-hybridized carbons (Fsp3) is 0.588. The van der Waals surface area contributed by atoms with Crippen molar-refractivity contribution < 1.29 is 24.1 Å². The number of nitrogens with one attached hydrogen (secondary N) is 3. The second kappa shape index (κ2) is 8.74. The van der Waals surface area contributed by atoms with E-state index < -0.39 is 0 Å². The van der Waals surface area contributed by atoms with Crippen LogP contribution in [0.4, 0.5) is 0 Å². The quantitative estimate of drug-likeness (QED) is 0.551. The number of amides is 1. The Hall–Kier alpha value is -1.79. The molecule has 1 saturated heterocycles. The van der Waals surface area contributed by atoms with Crippen molar-refractivity contribution in [1.29, 1.82) is 0 Å². The average molecular weight is 323 g/mol. The molecule has 1 aliphatic heterocycles. The van der Waals surface area contributed by atoms with E-state index in [1.165, 1.54) is 5.56 Å². The lowest BCUT2D eigenvalue weighted by Gasteiger charge is -2.29. The first-order chi connectivity index (χ1) is 11.1. The van der Waals surface area contributed by atoms with Gasteiger partial charge in [-0.15, -0.1) is 0 Å². The molecule has 6 heteroatoms. The first-order valence-electron chi connectivity index (χ1n) is 8.25. The van der Waals surface area contributed by atoms with E-state index >= 15 is 0 Å². The second-order valence-corrected chi connectivity index (χ2v) is 6.10. The van der Waals surface area contributed by atoms with Crippen molar-refractivity contribution in [2.45, 2.75) is 13.5 Å². The lowest BCUT2D eigenvalue weighted by molar-refractivity contribution is -1.02. The van der Waals surface area contributed by atoms with E-state index in [0.717, 1.165) is 57.3 Å². The third-order valence-corrected chi connectivity index (χ3v) is 4.42. The highest BCUT2D eigenvalue weighted by atomic mass is 16.5. The summed E-state index contributed by atoms with van der Waals surface area (Å²) in [5, 5.41) is 2.88. The molecule has 1 aromatic carbocycles. The number of methoxy groups -OCH3 is 2. The first kappa shape index (κ1) is 17.6. The third-order valence-electron chi connectivity index (χ3n) is 4.42. The third kappa shape index (κ3) is 5.41. The summed E-state index contributed by atoms with van der Waals surface area (Å²) in [6, 6.07) is 6.16. The van der Waals surface area contributed by atoms with Gasteiger partial charge in [0, 0.05) is 12.5 Å². The van der Waals surface area contributed by atoms with Crippen LogP contribution in [0, 0.1) is 0 Å². The predicted octanol–water partition coefficient (Wildman–Crippen LogP) is -1.88. The standard InChI is InChI=1S/C17H27N3O3/c1-14(21)18-6-7-19-8-10-20(11-9-19)13-15-4-5-16(22-2)17(12-15)23-3/h4-5,12H,6-11,13H2,1-3H3,(H,18,21)/p+2. The number of hydrogen-bond donors (Lipinski definition) is 3. The maximum atomic E-state index is 10.9. The zero-order valence-corrected chi connectivity index (χ0v) is 14.4. The molecule has 3 N–H and O–H groups in total. The lowest BCUT2D eigenvalue weighted by Crippen LogP contribution is -3.27. The SMILES string of the molecule is COc1ccc(C[NH+]2CC[NH+](CCNC(C)=O)CC2)cc1OC. The van der Waals surface area contributed by atoms with E-state index in [1.54, 1.807) is 30.9 Å². The smallest absolute Gasteiger partial charge is 0.217 e. The number of carbonyl (C=O) groups excluding carboxylic acids is 1. The highest BCUT2D eigenvalue weighted by molar-refractivity contribution is 5.72. The summed E-state index contributed by atoms with van der Waals surface area (Å²) in [7, 11) is 3.33. The number of ether oxygens (including phenoxy) is 2. The maximum Gasteiger partial charge on any atom is 0.217 e. The minimum Gasteiger partial charge on any atom is -0.493 e. The summed E-state index contributed by atoms with van der Waals surface area (Å²) in [6.45, 7) is 9.00. The van der Waals surface area contributed by atoms with Crippen LogP contribution in [0.2, 0.25) is 0 Å². The predicted molar refractivity (Wildman–Crippen MR) is 88.2 cm³/mol. The number of rotatable bonds is 7. The van der Waals surface area contributed by atoms with Gasteiger partial charge in [-0.3, -0.25) is 4.79 Å². The van der Waals surface area contributed by atoms with Gasteiger partial charge in [-0.05, 0) is 18.2 Å². The Morgan fingerprint density at radius 3 is 2.35 bits per heavy atom. The van der Waals surface area contributed by atoms with Crippen molar-refractivity contribution in [2.75, 3.05) is 53.5 Å². The van der Waals surface area contributed by atoms with Crippen molar-refractivity contribution in [3.63, 3.8) is 0 Å². The van der Waals surface area contributed by atoms with Crippen molar-refractivity contribution in [3.8, 4) is 11.5 Å². The van der Waals surface area contributed by atoms with Gasteiger partial charge in [0.1, 0.15) is 32.7 Å². The van der Waals surface area contributed by atoms with Gasteiger partial charge < -0.3 is 24.6 Å². The summed E-state index contributed by atoms with van der Waals surface area (Å²) in [5.74, 6) is 1.63. The molecule has 1 heterocycles. The summed E-state index contributed by atoms with van der Waals surface area (Å²) in [4.78, 5) is 14.1. The summed E-state index contributed by atoms with van der Waals surface area (Å²) < 4.78 is 10.7. The summed E-state index contributed by atoms with van der Waals surface area (Å²) >= 11 is 0. The lowest BCUT2D eigenvalue weighted by atomic mass is 10.1. The Balaban J connectivity index is 1.79. The molecule has 1 fully saturated rings. The number of quaternary nitrogens is 2. The van der Waals surface area contributed by atoms with Crippen LogP contribution in [-0.2, 0) is 11.3 Å². The van der Waals surface area contributed by atoms with Gasteiger partial charge in [0.15, 0.2) is 11.5 Å². The van der Waals surface area contributed by atoms with Gasteiger partial charge in [0.05, 0.1) is 27.3 Å². The number of piperazine rings is 1. The van der Waals surface area contributed by atoms with Crippen LogP contribution in [0.15, 0.2) is 18.2 Å². The summed E-state index contributed by atoms with van der Waals surface area (Å²) in [6.07, 6.45) is 0. The molecular weight excluding hydrogens is 294 g/mol. The Morgan fingerprint density at radius 2 is 1.74 bits per heavy atom. The highest BCUT2D eigenvalue weighted by Gasteiger charge is 2.23. The van der Waals surface area contributed by atoms with Crippen LogP contribution in [-0.4, -0.2) is 59.4 Å². The molecule has 23 heavy (non-hydrogen) atoms. The molecular formula is C17H29N3O3+2. The van der Waals surface area contributed by atoms with Gasteiger partial charge in [-0.2, -0.15) is 0 Å². The molecule has 1 aromatic rings. The van der Waals surface area contributed by atoms with E-state index in [1.807, 2.05) is 6.07 Å². The van der Waals surface area contributed by atoms with Gasteiger partial charge in [-0.25, -0.2) is 0 Å². The second-order valence-electron chi connectivity index (χ2n) is 6.10. The van der Waals surface area contributed by atoms with E-state index in [4.69, 9.17) is 9.47 Å². The molecule has 1 amide bonds. The van der Waals surface area contributed by atoms with E-state index in [2.05, 4.69) is 17.4 Å². The molecule has 0 spiro atoms. The minimum atomic E-state index is 0.0575. The van der Waals surface area contributed by atoms with Crippen molar-refractivity contribution in [1.82, 2.24) is 5.32 Å². The average Bonchev–Trinajstić information content (AvgIpc) is 2.56. The molecule has 1 aliphatic rings. The van der Waals surface area contributed by atoms with Crippen molar-refractivity contribution in [3.05, 3.63) is 23.8 Å². The highest BCUT2D eigenvalue weighted by Crippen LogP contribution is 2.27. The van der Waals surface area contributed by atoms with Crippen LogP contribution in [0.5, 0.6) is 11.5 Å². The van der Waals surface area contributed by atoms with Crippen LogP contribution in [0.3, 0.4) is 0 Å². The normalized spacial score (nSPS) is 20.8. The zero-order valence-electron chi connectivity index (χ0n) is 14.4. The summed E-state index contributed by atoms with van der Waals surface area (Å²) in [5.41, 5.74) is 1.28. The number of carbonyl (C=O) groups is 1. The van der Waals surface area contributed by atoms with Gasteiger partial charge in [0.2, 0.25) is 5.91 Å². The molecule has 0 saturated carbocycles. The van der Waals surface area contributed by atoms with E-state index in [9.17, 15) is 4.79 Å². The Labute approximate surface area is 138 Å². The van der Waals surface area contributed by atoms with E-state index in [0.29, 0.717) is 0 Å². The molecule has 0 atom stereocenters. The Kier molecular flexibility index (Phi) is 6.67. The fourth-order valence-electron chi connectivity index (χ4n) is 3.08.